The van der Waals surface area contributed by atoms with Crippen molar-refractivity contribution in [1.29, 1.82) is 0 Å². The van der Waals surface area contributed by atoms with Gasteiger partial charge in [-0.1, -0.05) is 38.0 Å². The Bertz CT molecular complexity index is 1660. The molecule has 0 unspecified atom stereocenters. The molecule has 5 aliphatic rings. The molecular weight excluding hydrogens is 574 g/mol. The van der Waals surface area contributed by atoms with Crippen molar-refractivity contribution in [3.8, 4) is 0 Å². The maximum absolute atomic E-state index is 10.4. The zero-order valence-corrected chi connectivity index (χ0v) is 26.0. The van der Waals surface area contributed by atoms with Crippen molar-refractivity contribution in [1.82, 2.24) is 0 Å². The van der Waals surface area contributed by atoms with Crippen molar-refractivity contribution in [2.75, 3.05) is 0 Å². The number of rotatable bonds is 5. The smallest absolute Gasteiger partial charge is 0.282 e. The minimum absolute atomic E-state index is 0. The quantitative estimate of drug-likeness (QED) is 0.238. The molecule has 0 amide bonds. The molecule has 1 aromatic carbocycles. The third-order valence-electron chi connectivity index (χ3n) is 6.21. The minimum Gasteiger partial charge on any atom is -0.282 e. The average molecular weight is 602 g/mol. The Kier molecular flexibility index (Phi) is 9.64. The van der Waals surface area contributed by atoms with E-state index in [0.29, 0.717) is 0 Å². The first-order chi connectivity index (χ1) is 18.9. The summed E-state index contributed by atoms with van der Waals surface area (Å²) in [7, 11) is -4.00. The van der Waals surface area contributed by atoms with E-state index in [1.165, 1.54) is 37.0 Å². The van der Waals surface area contributed by atoms with Crippen LogP contribution in [0.5, 0.6) is 0 Å². The zero-order valence-electron chi connectivity index (χ0n) is 22.2. The molecular formula is C31H28N4O3SZn. The maximum Gasteiger partial charge on any atom is 0.294 e. The average Bonchev–Trinajstić information content (AvgIpc) is 3.71. The van der Waals surface area contributed by atoms with Gasteiger partial charge in [0, 0.05) is 19.5 Å². The van der Waals surface area contributed by atoms with Gasteiger partial charge in [0.1, 0.15) is 0 Å². The van der Waals surface area contributed by atoms with Crippen molar-refractivity contribution in [3.63, 3.8) is 0 Å². The van der Waals surface area contributed by atoms with Gasteiger partial charge in [-0.15, -0.1) is 0 Å². The van der Waals surface area contributed by atoms with Crippen LogP contribution in [0.15, 0.2) is 150 Å². The predicted octanol–water partition coefficient (Wildman–Crippen LogP) is 6.46. The molecule has 0 aliphatic carbocycles. The first-order valence-electron chi connectivity index (χ1n) is 12.8. The van der Waals surface area contributed by atoms with Crippen molar-refractivity contribution in [2.24, 2.45) is 20.0 Å². The van der Waals surface area contributed by atoms with Crippen LogP contribution in [0.4, 0.5) is 0 Å². The molecule has 9 heteroatoms. The van der Waals surface area contributed by atoms with E-state index < -0.39 is 10.1 Å². The van der Waals surface area contributed by atoms with Crippen molar-refractivity contribution in [3.05, 3.63) is 126 Å². The van der Waals surface area contributed by atoms with Gasteiger partial charge in [-0.3, -0.25) is 4.55 Å². The van der Waals surface area contributed by atoms with E-state index in [0.717, 1.165) is 52.1 Å². The predicted molar refractivity (Wildman–Crippen MR) is 158 cm³/mol. The summed E-state index contributed by atoms with van der Waals surface area (Å²) in [5, 5.41) is 0. The van der Waals surface area contributed by atoms with Gasteiger partial charge in [0.05, 0.1) is 50.5 Å². The molecule has 0 aromatic heterocycles. The van der Waals surface area contributed by atoms with Gasteiger partial charge in [0.2, 0.25) is 0 Å². The Balaban J connectivity index is 0.000000287. The number of hydrogen-bond donors (Lipinski definition) is 1. The van der Waals surface area contributed by atoms with Crippen LogP contribution in [-0.4, -0.2) is 35.8 Å². The van der Waals surface area contributed by atoms with Crippen molar-refractivity contribution >= 4 is 33.0 Å². The molecule has 0 fully saturated rings. The molecule has 7 nitrogen and oxygen atoms in total. The number of benzene rings is 1. The summed E-state index contributed by atoms with van der Waals surface area (Å²) in [6.45, 7) is 2.23. The van der Waals surface area contributed by atoms with Gasteiger partial charge in [-0.2, -0.15) is 8.42 Å². The second-order valence-corrected chi connectivity index (χ2v) is 10.7. The second kappa shape index (κ2) is 13.1. The number of unbranched alkanes of at least 4 members (excludes halogenated alkanes) is 2. The van der Waals surface area contributed by atoms with E-state index in [9.17, 15) is 8.42 Å². The third kappa shape index (κ3) is 7.72. The van der Waals surface area contributed by atoms with Gasteiger partial charge in [-0.05, 0) is 97.4 Å². The molecule has 0 saturated carbocycles. The van der Waals surface area contributed by atoms with E-state index in [1.54, 1.807) is 18.2 Å². The van der Waals surface area contributed by atoms with E-state index in [2.05, 4.69) is 24.1 Å². The van der Waals surface area contributed by atoms with Crippen LogP contribution in [0.1, 0.15) is 32.6 Å². The fourth-order valence-corrected chi connectivity index (χ4v) is 4.81. The van der Waals surface area contributed by atoms with Crippen molar-refractivity contribution < 1.29 is 32.4 Å². The Hall–Kier alpha value is -3.65. The second-order valence-electron chi connectivity index (χ2n) is 9.30. The molecule has 0 spiro atoms. The Morgan fingerprint density at radius 3 is 1.68 bits per heavy atom. The van der Waals surface area contributed by atoms with Crippen LogP contribution < -0.4 is 0 Å². The first kappa shape index (κ1) is 29.3. The topological polar surface area (TPSA) is 104 Å². The number of aliphatic imine (C=N–C) groups is 4. The maximum atomic E-state index is 10.4. The molecule has 198 valence electrons. The fourth-order valence-electron chi connectivity index (χ4n) is 4.31. The Labute approximate surface area is 247 Å². The van der Waals surface area contributed by atoms with Gasteiger partial charge in [-0.25, -0.2) is 20.0 Å². The molecule has 0 radical (unpaired) electrons. The van der Waals surface area contributed by atoms with Crippen molar-refractivity contribution in [2.45, 2.75) is 37.5 Å². The SMILES string of the molecule is CCCCCC1=CC2=CC3=NC(=CC4=NC(=CC5=NC(=CC1=N2)C=C5)C=C4)C=C3.O=S(=O)(O)c1ccccc1.[Zn]. The van der Waals surface area contributed by atoms with Crippen LogP contribution in [0, 0.1) is 0 Å². The summed E-state index contributed by atoms with van der Waals surface area (Å²) in [5.74, 6) is 0. The molecule has 1 aromatic rings. The summed E-state index contributed by atoms with van der Waals surface area (Å²) >= 11 is 0. The molecule has 1 N–H and O–H groups in total. The zero-order chi connectivity index (χ0) is 27.2. The molecule has 0 saturated heterocycles. The number of fused-ring (bicyclic) bond motifs is 4. The number of allylic oxidation sites excluding steroid dienone is 12. The van der Waals surface area contributed by atoms with E-state index in [-0.39, 0.29) is 24.4 Å². The normalized spacial score (nSPS) is 18.2. The Morgan fingerprint density at radius 2 is 1.18 bits per heavy atom. The molecule has 0 atom stereocenters. The van der Waals surface area contributed by atoms with Crippen LogP contribution in [0.3, 0.4) is 0 Å². The van der Waals surface area contributed by atoms with Crippen LogP contribution >= 0.6 is 0 Å². The van der Waals surface area contributed by atoms with Crippen LogP contribution in [0.25, 0.3) is 0 Å². The third-order valence-corrected chi connectivity index (χ3v) is 7.08. The first-order valence-corrected chi connectivity index (χ1v) is 14.3. The molecule has 40 heavy (non-hydrogen) atoms. The fraction of sp³-hybridized carbons (Fsp3) is 0.161. The van der Waals surface area contributed by atoms with Gasteiger partial charge < -0.3 is 0 Å². The summed E-state index contributed by atoms with van der Waals surface area (Å²) < 4.78 is 29.2. The summed E-state index contributed by atoms with van der Waals surface area (Å²) in [4.78, 5) is 18.9. The Morgan fingerprint density at radius 1 is 0.650 bits per heavy atom. The summed E-state index contributed by atoms with van der Waals surface area (Å²) in [5.41, 5.74) is 8.70. The van der Waals surface area contributed by atoms with E-state index in [4.69, 9.17) is 19.5 Å². The minimum atomic E-state index is -4.00. The summed E-state index contributed by atoms with van der Waals surface area (Å²) in [6.07, 6.45) is 27.1. The number of hydrogen-bond acceptors (Lipinski definition) is 6. The number of nitrogens with zero attached hydrogens (tertiary/aromatic N) is 4. The molecule has 6 rings (SSSR count). The summed E-state index contributed by atoms with van der Waals surface area (Å²) in [6, 6.07) is 7.42. The molecule has 5 aliphatic heterocycles. The van der Waals surface area contributed by atoms with E-state index in [1.807, 2.05) is 54.7 Å². The van der Waals surface area contributed by atoms with E-state index >= 15 is 0 Å². The van der Waals surface area contributed by atoms with Gasteiger partial charge in [0.15, 0.2) is 0 Å². The van der Waals surface area contributed by atoms with Gasteiger partial charge in [0.25, 0.3) is 10.1 Å². The largest absolute Gasteiger partial charge is 0.294 e. The monoisotopic (exact) mass is 600 g/mol. The van der Waals surface area contributed by atoms with Crippen LogP contribution in [-0.2, 0) is 29.6 Å². The molecule has 5 heterocycles. The van der Waals surface area contributed by atoms with Crippen LogP contribution in [0.2, 0.25) is 0 Å². The molecule has 8 bridgehead atoms. The standard InChI is InChI=1S/C25H22N4.C6H6O3S.Zn/c1-2-3-4-5-17-12-24-15-22-9-8-20(27-22)13-18-6-7-19(26-18)14-21-10-11-23(28-21)16-25(17)29-24;7-10(8,9)6-4-2-1-3-5-6;/h6-16H,2-5H2,1H3;1-5H,(H,7,8,9);. The van der Waals surface area contributed by atoms with Gasteiger partial charge >= 0.3 is 0 Å².